The van der Waals surface area contributed by atoms with E-state index >= 15 is 0 Å². The van der Waals surface area contributed by atoms with Crippen molar-refractivity contribution in [1.82, 2.24) is 20.9 Å². The summed E-state index contributed by atoms with van der Waals surface area (Å²) in [7, 11) is 2.05. The number of piperidine rings is 3. The lowest BCUT2D eigenvalue weighted by Gasteiger charge is -2.48. The second-order valence-electron chi connectivity index (χ2n) is 12.6. The predicted octanol–water partition coefficient (Wildman–Crippen LogP) is 3.28. The summed E-state index contributed by atoms with van der Waals surface area (Å²) >= 11 is 0. The van der Waals surface area contributed by atoms with Gasteiger partial charge in [-0.25, -0.2) is 15.1 Å². The van der Waals surface area contributed by atoms with Gasteiger partial charge in [-0.2, -0.15) is 5.26 Å². The number of guanidine groups is 1. The minimum Gasteiger partial charge on any atom is -0.449 e. The van der Waals surface area contributed by atoms with Crippen molar-refractivity contribution in [2.75, 3.05) is 52.9 Å². The number of nitrogens with one attached hydrogen (secondary N) is 3. The van der Waals surface area contributed by atoms with Crippen molar-refractivity contribution in [1.29, 1.82) is 5.26 Å². The van der Waals surface area contributed by atoms with Gasteiger partial charge in [-0.1, -0.05) is 32.1 Å². The van der Waals surface area contributed by atoms with Crippen LogP contribution in [-0.2, 0) is 9.53 Å². The van der Waals surface area contributed by atoms with E-state index in [1.807, 2.05) is 0 Å². The highest BCUT2D eigenvalue weighted by Gasteiger charge is 2.46. The quantitative estimate of drug-likeness (QED) is 0.251. The van der Waals surface area contributed by atoms with Crippen molar-refractivity contribution in [2.24, 2.45) is 10.9 Å². The van der Waals surface area contributed by atoms with Gasteiger partial charge in [0.05, 0.1) is 31.8 Å². The van der Waals surface area contributed by atoms with Crippen molar-refractivity contribution >= 4 is 18.0 Å². The van der Waals surface area contributed by atoms with E-state index in [-0.39, 0.29) is 12.5 Å². The monoisotopic (exact) mass is 558 g/mol. The average Bonchev–Trinajstić information content (AvgIpc) is 2.99. The third kappa shape index (κ3) is 7.74. The molecule has 0 aromatic rings. The molecule has 2 amide bonds. The second kappa shape index (κ2) is 14.6. The zero-order valence-electron chi connectivity index (χ0n) is 24.9. The van der Waals surface area contributed by atoms with Gasteiger partial charge in [-0.05, 0) is 58.4 Å². The topological polar surface area (TPSA) is 119 Å². The van der Waals surface area contributed by atoms with E-state index in [0.717, 1.165) is 77.8 Å². The number of carbonyl (C=O) groups is 2. The van der Waals surface area contributed by atoms with Crippen molar-refractivity contribution in [3.8, 4) is 6.07 Å². The van der Waals surface area contributed by atoms with E-state index < -0.39 is 17.7 Å². The molecule has 3 saturated heterocycles. The molecule has 1 saturated carbocycles. The molecule has 0 spiro atoms. The van der Waals surface area contributed by atoms with Crippen LogP contribution < -0.4 is 16.0 Å². The first kappa shape index (κ1) is 30.7. The Morgan fingerprint density at radius 2 is 1.73 bits per heavy atom. The van der Waals surface area contributed by atoms with Gasteiger partial charge in [0, 0.05) is 39.0 Å². The number of hydrogen-bond donors (Lipinski definition) is 3. The Balaban J connectivity index is 1.70. The molecule has 1 aliphatic carbocycles. The molecule has 3 heterocycles. The molecular weight excluding hydrogens is 506 g/mol. The molecule has 0 bridgehead atoms. The molecule has 4 aliphatic rings. The molecule has 10 nitrogen and oxygen atoms in total. The maximum absolute atomic E-state index is 14.1. The lowest BCUT2D eigenvalue weighted by atomic mass is 9.84. The molecule has 1 unspecified atom stereocenters. The van der Waals surface area contributed by atoms with Crippen molar-refractivity contribution in [3.63, 3.8) is 0 Å². The molecule has 40 heavy (non-hydrogen) atoms. The first-order valence-electron chi connectivity index (χ1n) is 15.9. The normalized spacial score (nSPS) is 25.4. The third-order valence-electron chi connectivity index (χ3n) is 9.81. The Morgan fingerprint density at radius 1 is 1.07 bits per heavy atom. The first-order chi connectivity index (χ1) is 19.4. The summed E-state index contributed by atoms with van der Waals surface area (Å²) in [4.78, 5) is 34.5. The Labute approximate surface area is 240 Å². The average molecular weight is 559 g/mol. The second-order valence-corrected chi connectivity index (χ2v) is 12.6. The van der Waals surface area contributed by atoms with Crippen LogP contribution in [-0.4, -0.2) is 97.9 Å². The summed E-state index contributed by atoms with van der Waals surface area (Å²) in [5.74, 6) is 0.831. The molecule has 224 valence electrons. The molecule has 4 fully saturated rings. The molecule has 10 heteroatoms. The van der Waals surface area contributed by atoms with Crippen LogP contribution in [0, 0.1) is 17.2 Å². The molecule has 0 radical (unpaired) electrons. The van der Waals surface area contributed by atoms with Gasteiger partial charge in [0.2, 0.25) is 5.91 Å². The van der Waals surface area contributed by atoms with Crippen LogP contribution in [0.3, 0.4) is 0 Å². The zero-order valence-corrected chi connectivity index (χ0v) is 24.9. The van der Waals surface area contributed by atoms with E-state index in [1.54, 1.807) is 6.92 Å². The number of nitrogens with zero attached hydrogens (tertiary/aromatic N) is 4. The number of quaternary nitrogens is 1. The summed E-state index contributed by atoms with van der Waals surface area (Å²) in [6.07, 6.45) is 12.5. The van der Waals surface area contributed by atoms with Crippen LogP contribution in [0.15, 0.2) is 4.99 Å². The number of likely N-dealkylation sites (tertiary alicyclic amines) is 2. The maximum Gasteiger partial charge on any atom is 0.416 e. The van der Waals surface area contributed by atoms with E-state index in [0.29, 0.717) is 41.7 Å². The van der Waals surface area contributed by atoms with Gasteiger partial charge in [0.1, 0.15) is 11.6 Å². The van der Waals surface area contributed by atoms with E-state index in [2.05, 4.69) is 34.0 Å². The van der Waals surface area contributed by atoms with Gasteiger partial charge in [-0.3, -0.25) is 9.28 Å². The number of ether oxygens (including phenoxy) is 1. The van der Waals surface area contributed by atoms with Gasteiger partial charge in [0.25, 0.3) is 0 Å². The van der Waals surface area contributed by atoms with Crippen LogP contribution in [0.2, 0.25) is 0 Å². The predicted molar refractivity (Wildman–Crippen MR) is 156 cm³/mol. The zero-order chi connectivity index (χ0) is 28.4. The molecule has 3 N–H and O–H groups in total. The first-order valence-corrected chi connectivity index (χ1v) is 15.9. The van der Waals surface area contributed by atoms with E-state index in [9.17, 15) is 14.9 Å². The molecular formula is C30H52N7O3+. The van der Waals surface area contributed by atoms with Crippen LogP contribution in [0.25, 0.3) is 0 Å². The van der Waals surface area contributed by atoms with Gasteiger partial charge in [0.15, 0.2) is 0 Å². The number of nitriles is 1. The van der Waals surface area contributed by atoms with Crippen LogP contribution >= 0.6 is 0 Å². The molecule has 0 aromatic carbocycles. The van der Waals surface area contributed by atoms with Crippen molar-refractivity contribution in [2.45, 2.75) is 108 Å². The van der Waals surface area contributed by atoms with Crippen molar-refractivity contribution in [3.05, 3.63) is 0 Å². The summed E-state index contributed by atoms with van der Waals surface area (Å²) in [6.45, 7) is 7.33. The molecule has 1 atom stereocenters. The number of rotatable bonds is 7. The Kier molecular flexibility index (Phi) is 11.2. The summed E-state index contributed by atoms with van der Waals surface area (Å²) in [5, 5.41) is 19.9. The fraction of sp³-hybridized carbons (Fsp3) is 0.867. The fourth-order valence-corrected chi connectivity index (χ4v) is 7.33. The smallest absolute Gasteiger partial charge is 0.416 e. The summed E-state index contributed by atoms with van der Waals surface area (Å²) in [6, 6.07) is 2.13. The standard InChI is InChI=1S/C30H51N7O3/c1-3-40-29(39)34-28(37(20-8-5-9-21-37)25-12-16-32-17-13-25)33-26(22-24-10-6-4-7-11-24)27(38)35-30(23-31)14-18-36(2)19-15-30/h24-26,32H,3-22H2,1-2H3,(H-,33,34,35,38,39)/p+1. The lowest BCUT2D eigenvalue weighted by molar-refractivity contribution is -0.876. The van der Waals surface area contributed by atoms with Crippen LogP contribution in [0.1, 0.15) is 90.4 Å². The largest absolute Gasteiger partial charge is 0.449 e. The highest BCUT2D eigenvalue weighted by molar-refractivity contribution is 5.93. The SMILES string of the molecule is CCOC(=O)NC(=NC(CC1CCCCC1)C(=O)NC1(C#N)CCN(C)CC1)[N+]1(C2CCNCC2)CCCCC1. The Hall–Kier alpha value is -2.22. The third-order valence-corrected chi connectivity index (χ3v) is 9.81. The minimum absolute atomic E-state index is 0.180. The molecule has 4 rings (SSSR count). The van der Waals surface area contributed by atoms with Gasteiger partial charge in [-0.15, -0.1) is 0 Å². The highest BCUT2D eigenvalue weighted by Crippen LogP contribution is 2.32. The van der Waals surface area contributed by atoms with E-state index in [1.165, 1.54) is 25.7 Å². The lowest BCUT2D eigenvalue weighted by Crippen LogP contribution is -2.68. The van der Waals surface area contributed by atoms with E-state index in [4.69, 9.17) is 9.73 Å². The van der Waals surface area contributed by atoms with Crippen molar-refractivity contribution < 1.29 is 18.8 Å². The minimum atomic E-state index is -0.870. The summed E-state index contributed by atoms with van der Waals surface area (Å²) < 4.78 is 5.97. The number of alkyl carbamates (subject to hydrolysis) is 1. The van der Waals surface area contributed by atoms with Crippen LogP contribution in [0.4, 0.5) is 4.79 Å². The van der Waals surface area contributed by atoms with Crippen LogP contribution in [0.5, 0.6) is 0 Å². The van der Waals surface area contributed by atoms with Gasteiger partial charge < -0.3 is 20.3 Å². The number of carbonyl (C=O) groups excluding carboxylic acids is 2. The number of amides is 2. The number of aliphatic imine (C=N–C) groups is 1. The Bertz CT molecular complexity index is 907. The highest BCUT2D eigenvalue weighted by atomic mass is 16.5. The fourth-order valence-electron chi connectivity index (χ4n) is 7.33. The van der Waals surface area contributed by atoms with Gasteiger partial charge >= 0.3 is 12.1 Å². The maximum atomic E-state index is 14.1. The molecule has 3 aliphatic heterocycles. The molecule has 0 aromatic heterocycles. The summed E-state index contributed by atoms with van der Waals surface area (Å²) in [5.41, 5.74) is -0.870. The Morgan fingerprint density at radius 3 is 2.35 bits per heavy atom. The number of hydrogen-bond acceptors (Lipinski definition) is 7.